The zero-order valence-corrected chi connectivity index (χ0v) is 12.1. The Morgan fingerprint density at radius 3 is 2.52 bits per heavy atom. The molecule has 1 unspecified atom stereocenters. The molecule has 4 nitrogen and oxygen atoms in total. The van der Waals surface area contributed by atoms with Crippen molar-refractivity contribution in [3.63, 3.8) is 0 Å². The van der Waals surface area contributed by atoms with Crippen molar-refractivity contribution < 1.29 is 19.1 Å². The zero-order chi connectivity index (χ0) is 15.5. The second kappa shape index (κ2) is 6.24. The Morgan fingerprint density at radius 2 is 1.95 bits per heavy atom. The molecule has 2 N–H and O–H groups in total. The maximum absolute atomic E-state index is 13.6. The highest BCUT2D eigenvalue weighted by atomic mass is 19.1. The summed E-state index contributed by atoms with van der Waals surface area (Å²) < 4.78 is 13.6. The van der Waals surface area contributed by atoms with Gasteiger partial charge in [0.1, 0.15) is 11.4 Å². The molecule has 1 fully saturated rings. The number of halogens is 1. The molecule has 1 atom stereocenters. The fourth-order valence-electron chi connectivity index (χ4n) is 2.82. The van der Waals surface area contributed by atoms with Gasteiger partial charge in [-0.3, -0.25) is 4.79 Å². The first-order valence-corrected chi connectivity index (χ1v) is 7.23. The maximum Gasteiger partial charge on any atom is 0.329 e. The normalized spacial score (nSPS) is 18.2. The van der Waals surface area contributed by atoms with Gasteiger partial charge in [0.2, 0.25) is 5.91 Å². The lowest BCUT2D eigenvalue weighted by atomic mass is 9.94. The topological polar surface area (TPSA) is 66.4 Å². The average Bonchev–Trinajstić information content (AvgIpc) is 2.91. The zero-order valence-electron chi connectivity index (χ0n) is 12.1. The van der Waals surface area contributed by atoms with E-state index in [0.29, 0.717) is 18.4 Å². The van der Waals surface area contributed by atoms with E-state index in [4.69, 9.17) is 0 Å². The molecule has 114 valence electrons. The van der Waals surface area contributed by atoms with Gasteiger partial charge in [-0.05, 0) is 30.9 Å². The van der Waals surface area contributed by atoms with Crippen LogP contribution in [0.2, 0.25) is 0 Å². The van der Waals surface area contributed by atoms with Gasteiger partial charge in [-0.1, -0.05) is 38.0 Å². The molecular weight excluding hydrogens is 273 g/mol. The van der Waals surface area contributed by atoms with Gasteiger partial charge in [0.05, 0.1) is 0 Å². The van der Waals surface area contributed by atoms with Crippen LogP contribution in [0.25, 0.3) is 0 Å². The lowest BCUT2D eigenvalue weighted by Gasteiger charge is -2.27. The van der Waals surface area contributed by atoms with Crippen molar-refractivity contribution >= 4 is 11.9 Å². The van der Waals surface area contributed by atoms with Crippen LogP contribution in [-0.4, -0.2) is 22.5 Å². The minimum absolute atomic E-state index is 0.258. The second-order valence-electron chi connectivity index (χ2n) is 5.78. The molecule has 0 aliphatic heterocycles. The SMILES string of the molecule is CC(Cc1ccccc1F)C(=O)NC1(C(=O)O)CCCC1. The van der Waals surface area contributed by atoms with Crippen LogP contribution in [0.15, 0.2) is 24.3 Å². The average molecular weight is 293 g/mol. The number of carboxylic acid groups (broad SMARTS) is 1. The summed E-state index contributed by atoms with van der Waals surface area (Å²) in [6.45, 7) is 1.69. The highest BCUT2D eigenvalue weighted by molar-refractivity contribution is 5.88. The Morgan fingerprint density at radius 1 is 1.33 bits per heavy atom. The molecule has 1 aromatic rings. The van der Waals surface area contributed by atoms with Crippen LogP contribution < -0.4 is 5.32 Å². The largest absolute Gasteiger partial charge is 0.480 e. The van der Waals surface area contributed by atoms with E-state index >= 15 is 0 Å². The van der Waals surface area contributed by atoms with Crippen molar-refractivity contribution in [1.82, 2.24) is 5.32 Å². The van der Waals surface area contributed by atoms with Crippen LogP contribution in [0, 0.1) is 11.7 Å². The van der Waals surface area contributed by atoms with Gasteiger partial charge in [-0.15, -0.1) is 0 Å². The molecular formula is C16H20FNO3. The summed E-state index contributed by atoms with van der Waals surface area (Å²) >= 11 is 0. The number of nitrogens with one attached hydrogen (secondary N) is 1. The minimum atomic E-state index is -1.14. The van der Waals surface area contributed by atoms with Crippen LogP contribution in [0.1, 0.15) is 38.2 Å². The van der Waals surface area contributed by atoms with E-state index in [1.807, 2.05) is 0 Å². The number of carbonyl (C=O) groups is 2. The molecule has 0 heterocycles. The Hall–Kier alpha value is -1.91. The molecule has 1 aliphatic rings. The predicted molar refractivity (Wildman–Crippen MR) is 76.2 cm³/mol. The molecule has 0 spiro atoms. The quantitative estimate of drug-likeness (QED) is 0.876. The first-order chi connectivity index (χ1) is 9.94. The summed E-state index contributed by atoms with van der Waals surface area (Å²) in [5.74, 6) is -2.13. The summed E-state index contributed by atoms with van der Waals surface area (Å²) in [6.07, 6.45) is 2.78. The maximum atomic E-state index is 13.6. The van der Waals surface area contributed by atoms with Crippen molar-refractivity contribution in [2.24, 2.45) is 5.92 Å². The molecule has 2 rings (SSSR count). The predicted octanol–water partition coefficient (Wildman–Crippen LogP) is 2.52. The van der Waals surface area contributed by atoms with E-state index in [9.17, 15) is 19.1 Å². The summed E-state index contributed by atoms with van der Waals surface area (Å²) in [4.78, 5) is 23.6. The van der Waals surface area contributed by atoms with Crippen LogP contribution in [0.5, 0.6) is 0 Å². The summed E-state index contributed by atoms with van der Waals surface area (Å²) in [5.41, 5.74) is -0.670. The Kier molecular flexibility index (Phi) is 4.60. The van der Waals surface area contributed by atoms with E-state index < -0.39 is 17.4 Å². The molecule has 21 heavy (non-hydrogen) atoms. The molecule has 1 saturated carbocycles. The molecule has 0 radical (unpaired) electrons. The molecule has 1 aromatic carbocycles. The van der Waals surface area contributed by atoms with Crippen LogP contribution >= 0.6 is 0 Å². The Labute approximate surface area is 123 Å². The lowest BCUT2D eigenvalue weighted by Crippen LogP contribution is -2.54. The van der Waals surface area contributed by atoms with Crippen molar-refractivity contribution in [2.45, 2.75) is 44.6 Å². The Bertz CT molecular complexity index is 538. The highest BCUT2D eigenvalue weighted by Gasteiger charge is 2.43. The number of hydrogen-bond acceptors (Lipinski definition) is 2. The summed E-state index contributed by atoms with van der Waals surface area (Å²) in [6, 6.07) is 6.32. The summed E-state index contributed by atoms with van der Waals surface area (Å²) in [7, 11) is 0. The number of amides is 1. The van der Waals surface area contributed by atoms with Gasteiger partial charge in [-0.2, -0.15) is 0 Å². The number of aliphatic carboxylic acids is 1. The number of benzene rings is 1. The second-order valence-corrected chi connectivity index (χ2v) is 5.78. The van der Waals surface area contributed by atoms with E-state index in [1.54, 1.807) is 25.1 Å². The number of carbonyl (C=O) groups excluding carboxylic acids is 1. The van der Waals surface area contributed by atoms with Crippen molar-refractivity contribution in [3.8, 4) is 0 Å². The highest BCUT2D eigenvalue weighted by Crippen LogP contribution is 2.30. The van der Waals surface area contributed by atoms with E-state index in [-0.39, 0.29) is 18.1 Å². The Balaban J connectivity index is 2.03. The molecule has 0 saturated heterocycles. The van der Waals surface area contributed by atoms with Crippen molar-refractivity contribution in [3.05, 3.63) is 35.6 Å². The van der Waals surface area contributed by atoms with E-state index in [0.717, 1.165) is 12.8 Å². The number of hydrogen-bond donors (Lipinski definition) is 2. The third-order valence-electron chi connectivity index (χ3n) is 4.16. The fourth-order valence-corrected chi connectivity index (χ4v) is 2.82. The van der Waals surface area contributed by atoms with Gasteiger partial charge >= 0.3 is 5.97 Å². The summed E-state index contributed by atoms with van der Waals surface area (Å²) in [5, 5.41) is 12.0. The molecule has 1 aliphatic carbocycles. The van der Waals surface area contributed by atoms with Gasteiger partial charge in [0.25, 0.3) is 0 Å². The number of carboxylic acids is 1. The molecule has 5 heteroatoms. The van der Waals surface area contributed by atoms with E-state index in [2.05, 4.69) is 5.32 Å². The lowest BCUT2D eigenvalue weighted by molar-refractivity contribution is -0.148. The monoisotopic (exact) mass is 293 g/mol. The third kappa shape index (κ3) is 3.40. The number of rotatable bonds is 5. The van der Waals surface area contributed by atoms with Crippen molar-refractivity contribution in [1.29, 1.82) is 0 Å². The third-order valence-corrected chi connectivity index (χ3v) is 4.16. The van der Waals surface area contributed by atoms with E-state index in [1.165, 1.54) is 6.07 Å². The van der Waals surface area contributed by atoms with Gasteiger partial charge in [0, 0.05) is 5.92 Å². The minimum Gasteiger partial charge on any atom is -0.480 e. The molecule has 1 amide bonds. The standard InChI is InChI=1S/C16H20FNO3/c1-11(10-12-6-2-3-7-13(12)17)14(19)18-16(15(20)21)8-4-5-9-16/h2-3,6-7,11H,4-5,8-10H2,1H3,(H,18,19)(H,20,21). The van der Waals surface area contributed by atoms with Crippen LogP contribution in [0.3, 0.4) is 0 Å². The first-order valence-electron chi connectivity index (χ1n) is 7.23. The first kappa shape index (κ1) is 15.5. The van der Waals surface area contributed by atoms with Gasteiger partial charge in [0.15, 0.2) is 0 Å². The molecule has 0 aromatic heterocycles. The van der Waals surface area contributed by atoms with Crippen LogP contribution in [-0.2, 0) is 16.0 Å². The van der Waals surface area contributed by atoms with Crippen molar-refractivity contribution in [2.75, 3.05) is 0 Å². The fraction of sp³-hybridized carbons (Fsp3) is 0.500. The van der Waals surface area contributed by atoms with Gasteiger partial charge < -0.3 is 10.4 Å². The van der Waals surface area contributed by atoms with Crippen LogP contribution in [0.4, 0.5) is 4.39 Å². The smallest absolute Gasteiger partial charge is 0.329 e. The molecule has 0 bridgehead atoms. The van der Waals surface area contributed by atoms with Gasteiger partial charge in [-0.25, -0.2) is 9.18 Å².